The maximum Gasteiger partial charge on any atom is 0.254 e. The van der Waals surface area contributed by atoms with Crippen LogP contribution in [0, 0.1) is 0 Å². The van der Waals surface area contributed by atoms with Gasteiger partial charge in [-0.05, 0) is 31.0 Å². The Labute approximate surface area is 131 Å². The van der Waals surface area contributed by atoms with E-state index in [1.807, 2.05) is 0 Å². The van der Waals surface area contributed by atoms with Crippen LogP contribution in [0.4, 0.5) is 0 Å². The number of halogens is 1. The summed E-state index contributed by atoms with van der Waals surface area (Å²) in [5.74, 6) is 0.252. The van der Waals surface area contributed by atoms with E-state index in [9.17, 15) is 13.2 Å². The minimum absolute atomic E-state index is 0.131. The number of hydrogen-bond donors (Lipinski definition) is 0. The molecule has 116 valence electrons. The zero-order chi connectivity index (χ0) is 15.5. The van der Waals surface area contributed by atoms with Gasteiger partial charge in [-0.15, -0.1) is 11.6 Å². The number of carbonyl (C=O) groups is 1. The quantitative estimate of drug-likeness (QED) is 0.780. The highest BCUT2D eigenvalue weighted by Crippen LogP contribution is 2.25. The van der Waals surface area contributed by atoms with E-state index in [4.69, 9.17) is 11.6 Å². The van der Waals surface area contributed by atoms with E-state index in [2.05, 4.69) is 0 Å². The van der Waals surface area contributed by atoms with Crippen LogP contribution in [-0.2, 0) is 9.84 Å². The van der Waals surface area contributed by atoms with Crippen LogP contribution >= 0.6 is 11.6 Å². The van der Waals surface area contributed by atoms with Crippen LogP contribution in [0.3, 0.4) is 0 Å². The van der Waals surface area contributed by atoms with Gasteiger partial charge in [-0.3, -0.25) is 4.79 Å². The van der Waals surface area contributed by atoms with Gasteiger partial charge in [-0.1, -0.05) is 18.9 Å². The van der Waals surface area contributed by atoms with Gasteiger partial charge in [0.05, 0.1) is 4.90 Å². The van der Waals surface area contributed by atoms with Gasteiger partial charge in [0.2, 0.25) is 0 Å². The Bertz CT molecular complexity index is 609. The first-order chi connectivity index (χ1) is 9.93. The average molecular weight is 330 g/mol. The molecule has 0 aliphatic heterocycles. The number of amides is 1. The topological polar surface area (TPSA) is 54.5 Å². The van der Waals surface area contributed by atoms with Gasteiger partial charge in [-0.2, -0.15) is 0 Å². The lowest BCUT2D eigenvalue weighted by Crippen LogP contribution is -2.40. The summed E-state index contributed by atoms with van der Waals surface area (Å²) in [5, 5.41) is 0. The highest BCUT2D eigenvalue weighted by atomic mass is 35.5. The Hall–Kier alpha value is -1.07. The third kappa shape index (κ3) is 3.98. The molecular weight excluding hydrogens is 310 g/mol. The monoisotopic (exact) mass is 329 g/mol. The third-order valence-electron chi connectivity index (χ3n) is 3.86. The van der Waals surface area contributed by atoms with Gasteiger partial charge >= 0.3 is 0 Å². The number of alkyl halides is 1. The number of hydrogen-bond acceptors (Lipinski definition) is 3. The fourth-order valence-corrected chi connectivity index (χ4v) is 3.63. The molecule has 4 nitrogen and oxygen atoms in total. The number of sulfone groups is 1. The molecule has 0 radical (unpaired) electrons. The van der Waals surface area contributed by atoms with E-state index >= 15 is 0 Å². The Morgan fingerprint density at radius 1 is 1.33 bits per heavy atom. The molecule has 0 bridgehead atoms. The van der Waals surface area contributed by atoms with Crippen LogP contribution in [0.25, 0.3) is 0 Å². The Morgan fingerprint density at radius 3 is 2.57 bits per heavy atom. The molecule has 1 amide bonds. The van der Waals surface area contributed by atoms with Crippen molar-refractivity contribution in [2.75, 3.05) is 18.7 Å². The highest BCUT2D eigenvalue weighted by molar-refractivity contribution is 7.90. The largest absolute Gasteiger partial charge is 0.334 e. The number of benzene rings is 1. The zero-order valence-corrected chi connectivity index (χ0v) is 13.7. The van der Waals surface area contributed by atoms with Gasteiger partial charge in [0.15, 0.2) is 9.84 Å². The zero-order valence-electron chi connectivity index (χ0n) is 12.1. The molecule has 1 aliphatic rings. The maximum atomic E-state index is 12.7. The molecule has 0 aromatic heterocycles. The smallest absolute Gasteiger partial charge is 0.254 e. The van der Waals surface area contributed by atoms with Crippen LogP contribution in [0.1, 0.15) is 36.0 Å². The standard InChI is InChI=1S/C15H20ClNO3S/c1-21(19,20)14-8-4-5-12(11-14)15(18)17(10-9-16)13-6-2-3-7-13/h4-5,8,11,13H,2-3,6-7,9-10H2,1H3. The molecule has 21 heavy (non-hydrogen) atoms. The molecule has 1 saturated carbocycles. The SMILES string of the molecule is CS(=O)(=O)c1cccc(C(=O)N(CCCl)C2CCCC2)c1. The molecule has 0 heterocycles. The fraction of sp³-hybridized carbons (Fsp3) is 0.533. The lowest BCUT2D eigenvalue weighted by Gasteiger charge is -2.28. The second-order valence-corrected chi connectivity index (χ2v) is 7.82. The van der Waals surface area contributed by atoms with Gasteiger partial charge in [0.1, 0.15) is 0 Å². The van der Waals surface area contributed by atoms with Crippen molar-refractivity contribution in [2.24, 2.45) is 0 Å². The second kappa shape index (κ2) is 6.79. The van der Waals surface area contributed by atoms with Gasteiger partial charge in [0, 0.05) is 30.3 Å². The third-order valence-corrected chi connectivity index (χ3v) is 5.14. The van der Waals surface area contributed by atoms with Crippen molar-refractivity contribution in [3.05, 3.63) is 29.8 Å². The van der Waals surface area contributed by atoms with Gasteiger partial charge < -0.3 is 4.90 Å². The van der Waals surface area contributed by atoms with Crippen LogP contribution in [0.15, 0.2) is 29.2 Å². The minimum Gasteiger partial charge on any atom is -0.334 e. The van der Waals surface area contributed by atoms with Gasteiger partial charge in [0.25, 0.3) is 5.91 Å². The molecule has 1 aliphatic carbocycles. The number of rotatable bonds is 5. The van der Waals surface area contributed by atoms with Crippen molar-refractivity contribution in [3.63, 3.8) is 0 Å². The second-order valence-electron chi connectivity index (χ2n) is 5.43. The molecule has 0 spiro atoms. The maximum absolute atomic E-state index is 12.7. The fourth-order valence-electron chi connectivity index (χ4n) is 2.78. The van der Waals surface area contributed by atoms with Crippen molar-refractivity contribution in [2.45, 2.75) is 36.6 Å². The highest BCUT2D eigenvalue weighted by Gasteiger charge is 2.27. The first kappa shape index (κ1) is 16.3. The van der Waals surface area contributed by atoms with E-state index in [0.717, 1.165) is 31.9 Å². The van der Waals surface area contributed by atoms with E-state index in [1.54, 1.807) is 17.0 Å². The predicted octanol–water partition coefficient (Wildman–Crippen LogP) is 2.71. The van der Waals surface area contributed by atoms with Crippen molar-refractivity contribution in [1.29, 1.82) is 0 Å². The van der Waals surface area contributed by atoms with Crippen molar-refractivity contribution >= 4 is 27.3 Å². The van der Waals surface area contributed by atoms with Crippen molar-refractivity contribution in [1.82, 2.24) is 4.90 Å². The molecule has 1 fully saturated rings. The summed E-state index contributed by atoms with van der Waals surface area (Å²) in [6.07, 6.45) is 5.38. The van der Waals surface area contributed by atoms with Crippen LogP contribution in [0.5, 0.6) is 0 Å². The number of nitrogens with zero attached hydrogens (tertiary/aromatic N) is 1. The lowest BCUT2D eigenvalue weighted by atomic mass is 10.1. The summed E-state index contributed by atoms with van der Waals surface area (Å²) in [6.45, 7) is 0.494. The van der Waals surface area contributed by atoms with Gasteiger partial charge in [-0.25, -0.2) is 8.42 Å². The minimum atomic E-state index is -3.31. The van der Waals surface area contributed by atoms with Crippen LogP contribution in [0.2, 0.25) is 0 Å². The first-order valence-electron chi connectivity index (χ1n) is 7.10. The summed E-state index contributed by atoms with van der Waals surface area (Å²) in [6, 6.07) is 6.45. The summed E-state index contributed by atoms with van der Waals surface area (Å²) in [7, 11) is -3.31. The summed E-state index contributed by atoms with van der Waals surface area (Å²) in [5.41, 5.74) is 0.412. The van der Waals surface area contributed by atoms with Crippen LogP contribution in [-0.4, -0.2) is 43.9 Å². The Kier molecular flexibility index (Phi) is 5.27. The Morgan fingerprint density at radius 2 is 2.00 bits per heavy atom. The predicted molar refractivity (Wildman–Crippen MR) is 83.6 cm³/mol. The molecule has 0 unspecified atom stereocenters. The van der Waals surface area contributed by atoms with Crippen molar-refractivity contribution in [3.8, 4) is 0 Å². The lowest BCUT2D eigenvalue weighted by molar-refractivity contribution is 0.0695. The molecule has 0 saturated heterocycles. The summed E-state index contributed by atoms with van der Waals surface area (Å²) >= 11 is 5.82. The molecule has 2 rings (SSSR count). The van der Waals surface area contributed by atoms with Crippen LogP contribution < -0.4 is 0 Å². The van der Waals surface area contributed by atoms with Crippen molar-refractivity contribution < 1.29 is 13.2 Å². The number of carbonyl (C=O) groups excluding carboxylic acids is 1. The summed E-state index contributed by atoms with van der Waals surface area (Å²) in [4.78, 5) is 14.6. The molecule has 1 aromatic carbocycles. The normalized spacial score (nSPS) is 16.1. The molecule has 0 atom stereocenters. The molecule has 1 aromatic rings. The van der Waals surface area contributed by atoms with E-state index in [1.165, 1.54) is 12.1 Å². The first-order valence-corrected chi connectivity index (χ1v) is 9.53. The van der Waals surface area contributed by atoms with E-state index in [-0.39, 0.29) is 16.8 Å². The molecule has 6 heteroatoms. The Balaban J connectivity index is 2.28. The molecule has 0 N–H and O–H groups in total. The summed E-state index contributed by atoms with van der Waals surface area (Å²) < 4.78 is 23.2. The van der Waals surface area contributed by atoms with E-state index in [0.29, 0.717) is 18.0 Å². The molecular formula is C15H20ClNO3S. The van der Waals surface area contributed by atoms with E-state index < -0.39 is 9.84 Å². The average Bonchev–Trinajstić information content (AvgIpc) is 2.97.